The van der Waals surface area contributed by atoms with Crippen LogP contribution in [0.4, 0.5) is 0 Å². The molecule has 1 heterocycles. The summed E-state index contributed by atoms with van der Waals surface area (Å²) in [5.41, 5.74) is 0. The van der Waals surface area contributed by atoms with Crippen LogP contribution in [0.2, 0.25) is 0 Å². The quantitative estimate of drug-likeness (QED) is 0.591. The number of likely N-dealkylation sites (tertiary alicyclic amines) is 1. The lowest BCUT2D eigenvalue weighted by atomic mass is 10.0. The second-order valence-electron chi connectivity index (χ2n) is 5.60. The predicted octanol–water partition coefficient (Wildman–Crippen LogP) is 2.03. The van der Waals surface area contributed by atoms with Crippen LogP contribution in [0.5, 0.6) is 0 Å². The van der Waals surface area contributed by atoms with Crippen LogP contribution < -0.4 is 5.32 Å². The molecule has 0 aromatic carbocycles. The van der Waals surface area contributed by atoms with E-state index < -0.39 is 0 Å². The maximum absolute atomic E-state index is 4.43. The number of hydrogen-bond acceptors (Lipinski definition) is 2. The predicted molar refractivity (Wildman–Crippen MR) is 83.7 cm³/mol. The second kappa shape index (κ2) is 9.18. The molecular weight excluding hydrogens is 236 g/mol. The number of rotatable bonds is 6. The number of likely N-dealkylation sites (N-methyl/N-ethyl adjacent to an activating group) is 1. The van der Waals surface area contributed by atoms with Crippen LogP contribution in [0.1, 0.15) is 40.0 Å². The van der Waals surface area contributed by atoms with Crippen LogP contribution in [-0.2, 0) is 0 Å². The standard InChI is InChI=1S/C15H32N4/c1-5-10-18(6-2)12-9-17-15(16-4)19-11-7-8-14(3)13-19/h14H,5-13H2,1-4H3,(H,16,17). The Kier molecular flexibility index (Phi) is 7.87. The Morgan fingerprint density at radius 1 is 1.37 bits per heavy atom. The van der Waals surface area contributed by atoms with Crippen LogP contribution in [0.15, 0.2) is 4.99 Å². The topological polar surface area (TPSA) is 30.9 Å². The van der Waals surface area contributed by atoms with Gasteiger partial charge >= 0.3 is 0 Å². The van der Waals surface area contributed by atoms with Crippen molar-refractivity contribution in [2.24, 2.45) is 10.9 Å². The maximum Gasteiger partial charge on any atom is 0.193 e. The highest BCUT2D eigenvalue weighted by atomic mass is 15.3. The number of hydrogen-bond donors (Lipinski definition) is 1. The minimum absolute atomic E-state index is 0.791. The van der Waals surface area contributed by atoms with Crippen molar-refractivity contribution in [2.45, 2.75) is 40.0 Å². The van der Waals surface area contributed by atoms with Crippen molar-refractivity contribution in [3.63, 3.8) is 0 Å². The molecule has 1 aliphatic heterocycles. The highest BCUT2D eigenvalue weighted by molar-refractivity contribution is 5.79. The van der Waals surface area contributed by atoms with Gasteiger partial charge in [0.25, 0.3) is 0 Å². The molecule has 1 saturated heterocycles. The van der Waals surface area contributed by atoms with Gasteiger partial charge in [-0.05, 0) is 38.3 Å². The summed E-state index contributed by atoms with van der Waals surface area (Å²) >= 11 is 0. The zero-order chi connectivity index (χ0) is 14.1. The zero-order valence-electron chi connectivity index (χ0n) is 13.3. The van der Waals surface area contributed by atoms with Crippen molar-refractivity contribution < 1.29 is 0 Å². The summed E-state index contributed by atoms with van der Waals surface area (Å²) < 4.78 is 0. The first kappa shape index (κ1) is 16.3. The lowest BCUT2D eigenvalue weighted by Gasteiger charge is -2.33. The van der Waals surface area contributed by atoms with Gasteiger partial charge in [-0.25, -0.2) is 0 Å². The Balaban J connectivity index is 2.32. The van der Waals surface area contributed by atoms with Crippen molar-refractivity contribution in [3.8, 4) is 0 Å². The largest absolute Gasteiger partial charge is 0.355 e. The van der Waals surface area contributed by atoms with Gasteiger partial charge in [-0.1, -0.05) is 20.8 Å². The smallest absolute Gasteiger partial charge is 0.193 e. The van der Waals surface area contributed by atoms with Gasteiger partial charge in [0, 0.05) is 33.2 Å². The molecule has 1 rings (SSSR count). The summed E-state index contributed by atoms with van der Waals surface area (Å²) in [6.07, 6.45) is 3.87. The normalized spacial score (nSPS) is 21.0. The molecule has 4 nitrogen and oxygen atoms in total. The highest BCUT2D eigenvalue weighted by Gasteiger charge is 2.18. The summed E-state index contributed by atoms with van der Waals surface area (Å²) in [7, 11) is 1.89. The third-order valence-electron chi connectivity index (χ3n) is 3.87. The summed E-state index contributed by atoms with van der Waals surface area (Å²) in [5.74, 6) is 1.87. The molecule has 1 N–H and O–H groups in total. The van der Waals surface area contributed by atoms with Crippen LogP contribution >= 0.6 is 0 Å². The molecule has 0 radical (unpaired) electrons. The molecule has 0 saturated carbocycles. The Hall–Kier alpha value is -0.770. The van der Waals surface area contributed by atoms with Crippen molar-refractivity contribution in [1.29, 1.82) is 0 Å². The molecule has 1 fully saturated rings. The molecule has 0 aliphatic carbocycles. The van der Waals surface area contributed by atoms with Crippen LogP contribution in [-0.4, -0.2) is 62.1 Å². The van der Waals surface area contributed by atoms with Crippen LogP contribution in [0.3, 0.4) is 0 Å². The van der Waals surface area contributed by atoms with E-state index in [9.17, 15) is 0 Å². The minimum atomic E-state index is 0.791. The molecule has 1 aliphatic rings. The summed E-state index contributed by atoms with van der Waals surface area (Å²) in [6.45, 7) is 13.5. The van der Waals surface area contributed by atoms with E-state index in [4.69, 9.17) is 0 Å². The zero-order valence-corrected chi connectivity index (χ0v) is 13.3. The molecule has 112 valence electrons. The summed E-state index contributed by atoms with van der Waals surface area (Å²) in [5, 5.41) is 3.52. The summed E-state index contributed by atoms with van der Waals surface area (Å²) in [6, 6.07) is 0. The minimum Gasteiger partial charge on any atom is -0.355 e. The SMILES string of the molecule is CCCN(CC)CCNC(=NC)N1CCCC(C)C1. The van der Waals surface area contributed by atoms with Crippen molar-refractivity contribution in [1.82, 2.24) is 15.1 Å². The van der Waals surface area contributed by atoms with E-state index in [2.05, 4.69) is 40.9 Å². The van der Waals surface area contributed by atoms with Gasteiger partial charge in [0.05, 0.1) is 0 Å². The molecule has 0 aromatic heterocycles. The second-order valence-corrected chi connectivity index (χ2v) is 5.60. The van der Waals surface area contributed by atoms with E-state index in [1.807, 2.05) is 7.05 Å². The van der Waals surface area contributed by atoms with E-state index in [0.29, 0.717) is 0 Å². The molecule has 0 bridgehead atoms. The summed E-state index contributed by atoms with van der Waals surface area (Å²) in [4.78, 5) is 9.32. The van der Waals surface area contributed by atoms with Crippen LogP contribution in [0.25, 0.3) is 0 Å². The average Bonchev–Trinajstić information content (AvgIpc) is 2.42. The fourth-order valence-corrected chi connectivity index (χ4v) is 2.78. The Morgan fingerprint density at radius 3 is 2.74 bits per heavy atom. The average molecular weight is 268 g/mol. The van der Waals surface area contributed by atoms with Crippen molar-refractivity contribution in [2.75, 3.05) is 46.3 Å². The third-order valence-corrected chi connectivity index (χ3v) is 3.87. The number of nitrogens with zero attached hydrogens (tertiary/aromatic N) is 3. The Morgan fingerprint density at radius 2 is 2.16 bits per heavy atom. The molecule has 4 heteroatoms. The molecule has 1 atom stereocenters. The number of piperidine rings is 1. The lowest BCUT2D eigenvalue weighted by molar-refractivity contribution is 0.260. The van der Waals surface area contributed by atoms with Gasteiger partial charge in [-0.2, -0.15) is 0 Å². The van der Waals surface area contributed by atoms with Crippen LogP contribution in [0, 0.1) is 5.92 Å². The number of guanidine groups is 1. The number of aliphatic imine (C=N–C) groups is 1. The van der Waals surface area contributed by atoms with Crippen molar-refractivity contribution >= 4 is 5.96 Å². The monoisotopic (exact) mass is 268 g/mol. The fourth-order valence-electron chi connectivity index (χ4n) is 2.78. The fraction of sp³-hybridized carbons (Fsp3) is 0.933. The molecule has 19 heavy (non-hydrogen) atoms. The van der Waals surface area contributed by atoms with Gasteiger partial charge < -0.3 is 15.1 Å². The Bertz CT molecular complexity index is 265. The molecule has 0 spiro atoms. The van der Waals surface area contributed by atoms with Crippen molar-refractivity contribution in [3.05, 3.63) is 0 Å². The lowest BCUT2D eigenvalue weighted by Crippen LogP contribution is -2.47. The van der Waals surface area contributed by atoms with Gasteiger partial charge in [0.1, 0.15) is 0 Å². The molecular formula is C15H32N4. The Labute approximate surface area is 119 Å². The van der Waals surface area contributed by atoms with Gasteiger partial charge in [-0.3, -0.25) is 4.99 Å². The maximum atomic E-state index is 4.43. The van der Waals surface area contributed by atoms with E-state index in [1.54, 1.807) is 0 Å². The van der Waals surface area contributed by atoms with Gasteiger partial charge in [0.2, 0.25) is 0 Å². The van der Waals surface area contributed by atoms with E-state index in [-0.39, 0.29) is 0 Å². The van der Waals surface area contributed by atoms with E-state index >= 15 is 0 Å². The number of nitrogens with one attached hydrogen (secondary N) is 1. The first-order valence-electron chi connectivity index (χ1n) is 7.89. The van der Waals surface area contributed by atoms with E-state index in [0.717, 1.165) is 44.6 Å². The third kappa shape index (κ3) is 5.81. The molecule has 0 amide bonds. The molecule has 0 aromatic rings. The van der Waals surface area contributed by atoms with Gasteiger partial charge in [0.15, 0.2) is 5.96 Å². The van der Waals surface area contributed by atoms with E-state index in [1.165, 1.54) is 25.8 Å². The first-order valence-corrected chi connectivity index (χ1v) is 7.89. The first-order chi connectivity index (χ1) is 9.21. The van der Waals surface area contributed by atoms with Gasteiger partial charge in [-0.15, -0.1) is 0 Å². The highest BCUT2D eigenvalue weighted by Crippen LogP contribution is 2.15. The molecule has 1 unspecified atom stereocenters.